The number of rotatable bonds is 4. The lowest BCUT2D eigenvalue weighted by Gasteiger charge is -2.18. The standard InChI is InChI=1S/C30H25ClN4O3/c1-17-3-2-4-24-26(36)13-25-28(27(17)24)20(14-31)16-35(25)30(38)19-11-23-12-22(9-10-34(23)15-19)33-29(37)18-5-7-21(32)8-6-18/h2-13,15,20,36H,14,16,32H2,1H3,(H,33,37). The summed E-state index contributed by atoms with van der Waals surface area (Å²) in [7, 11) is 0. The summed E-state index contributed by atoms with van der Waals surface area (Å²) in [6.07, 6.45) is 3.57. The zero-order valence-electron chi connectivity index (χ0n) is 20.6. The van der Waals surface area contributed by atoms with Crippen LogP contribution in [0.15, 0.2) is 79.1 Å². The highest BCUT2D eigenvalue weighted by Gasteiger charge is 2.35. The number of phenolic OH excluding ortho intramolecular Hbond substituents is 1. The molecule has 0 saturated heterocycles. The Morgan fingerprint density at radius 3 is 2.63 bits per heavy atom. The lowest BCUT2D eigenvalue weighted by Crippen LogP contribution is -2.29. The van der Waals surface area contributed by atoms with Crippen molar-refractivity contribution >= 4 is 56.8 Å². The van der Waals surface area contributed by atoms with Crippen LogP contribution < -0.4 is 16.0 Å². The van der Waals surface area contributed by atoms with Crippen molar-refractivity contribution in [2.24, 2.45) is 0 Å². The number of benzene rings is 3. The van der Waals surface area contributed by atoms with E-state index in [9.17, 15) is 14.7 Å². The van der Waals surface area contributed by atoms with Gasteiger partial charge in [-0.1, -0.05) is 18.2 Å². The number of anilines is 3. The first kappa shape index (κ1) is 23.9. The number of aromatic hydroxyl groups is 1. The summed E-state index contributed by atoms with van der Waals surface area (Å²) in [6, 6.07) is 19.5. The van der Waals surface area contributed by atoms with Crippen LogP contribution in [-0.2, 0) is 0 Å². The van der Waals surface area contributed by atoms with Gasteiger partial charge in [0.1, 0.15) is 5.75 Å². The van der Waals surface area contributed by atoms with E-state index in [1.807, 2.05) is 35.6 Å². The summed E-state index contributed by atoms with van der Waals surface area (Å²) in [6.45, 7) is 2.43. The second-order valence-electron chi connectivity index (χ2n) is 9.65. The van der Waals surface area contributed by atoms with E-state index in [0.717, 1.165) is 27.4 Å². The van der Waals surface area contributed by atoms with E-state index < -0.39 is 0 Å². The van der Waals surface area contributed by atoms with Crippen LogP contribution in [0.2, 0.25) is 0 Å². The molecule has 1 atom stereocenters. The topological polar surface area (TPSA) is 100 Å². The van der Waals surface area contributed by atoms with Gasteiger partial charge in [0, 0.05) is 64.6 Å². The number of phenols is 1. The Morgan fingerprint density at radius 2 is 1.87 bits per heavy atom. The summed E-state index contributed by atoms with van der Waals surface area (Å²) in [5.74, 6) is 0.0217. The fourth-order valence-electron chi connectivity index (χ4n) is 5.31. The lowest BCUT2D eigenvalue weighted by molar-refractivity contribution is 0.0987. The molecular weight excluding hydrogens is 500 g/mol. The zero-order chi connectivity index (χ0) is 26.6. The number of hydrogen-bond donors (Lipinski definition) is 3. The fourth-order valence-corrected chi connectivity index (χ4v) is 5.57. The van der Waals surface area contributed by atoms with Gasteiger partial charge in [0.15, 0.2) is 0 Å². The molecule has 3 aromatic carbocycles. The number of nitrogens with two attached hydrogens (primary N) is 1. The molecule has 1 aliphatic rings. The third-order valence-electron chi connectivity index (χ3n) is 7.18. The number of nitrogens with one attached hydrogen (secondary N) is 1. The minimum absolute atomic E-state index is 0.0491. The maximum Gasteiger partial charge on any atom is 0.259 e. The number of pyridine rings is 1. The summed E-state index contributed by atoms with van der Waals surface area (Å²) < 4.78 is 1.84. The number of fused-ring (bicyclic) bond motifs is 4. The summed E-state index contributed by atoms with van der Waals surface area (Å²) in [5, 5.41) is 15.4. The van der Waals surface area contributed by atoms with Crippen LogP contribution in [0, 0.1) is 6.92 Å². The first-order valence-corrected chi connectivity index (χ1v) is 12.8. The molecule has 1 aliphatic heterocycles. The molecule has 0 fully saturated rings. The van der Waals surface area contributed by atoms with Crippen molar-refractivity contribution in [3.05, 3.63) is 101 Å². The van der Waals surface area contributed by atoms with Gasteiger partial charge >= 0.3 is 0 Å². The SMILES string of the molecule is Cc1cccc2c(O)cc3c(c12)C(CCl)CN3C(=O)c1cc2cc(NC(=O)c3ccc(N)cc3)ccn2c1. The smallest absolute Gasteiger partial charge is 0.259 e. The zero-order valence-corrected chi connectivity index (χ0v) is 21.4. The van der Waals surface area contributed by atoms with Crippen molar-refractivity contribution in [2.45, 2.75) is 12.8 Å². The van der Waals surface area contributed by atoms with Crippen molar-refractivity contribution in [2.75, 3.05) is 28.4 Å². The van der Waals surface area contributed by atoms with Crippen molar-refractivity contribution in [1.82, 2.24) is 4.40 Å². The van der Waals surface area contributed by atoms with Crippen LogP contribution in [0.5, 0.6) is 5.75 Å². The van der Waals surface area contributed by atoms with Gasteiger partial charge in [-0.05, 0) is 65.9 Å². The Morgan fingerprint density at radius 1 is 1.08 bits per heavy atom. The molecule has 0 spiro atoms. The molecule has 2 amide bonds. The molecule has 2 aromatic heterocycles. The Balaban J connectivity index is 1.33. The molecular formula is C30H25ClN4O3. The van der Waals surface area contributed by atoms with Crippen LogP contribution in [0.3, 0.4) is 0 Å². The largest absolute Gasteiger partial charge is 0.507 e. The fraction of sp³-hybridized carbons (Fsp3) is 0.133. The number of halogens is 1. The van der Waals surface area contributed by atoms with Crippen LogP contribution in [0.4, 0.5) is 17.1 Å². The number of carbonyl (C=O) groups is 2. The molecule has 0 aliphatic carbocycles. The number of hydrogen-bond acceptors (Lipinski definition) is 4. The third-order valence-corrected chi connectivity index (χ3v) is 7.55. The van der Waals surface area contributed by atoms with Crippen LogP contribution in [-0.4, -0.2) is 33.7 Å². The summed E-state index contributed by atoms with van der Waals surface area (Å²) in [5.41, 5.74) is 11.4. The highest BCUT2D eigenvalue weighted by Crippen LogP contribution is 2.46. The molecule has 6 rings (SSSR count). The Hall–Kier alpha value is -4.49. The highest BCUT2D eigenvalue weighted by molar-refractivity contribution is 6.19. The number of nitrogens with zero attached hydrogens (tertiary/aromatic N) is 2. The molecule has 1 unspecified atom stereocenters. The van der Waals surface area contributed by atoms with Gasteiger partial charge < -0.3 is 25.5 Å². The lowest BCUT2D eigenvalue weighted by atomic mass is 9.92. The van der Waals surface area contributed by atoms with Crippen molar-refractivity contribution in [1.29, 1.82) is 0 Å². The second-order valence-corrected chi connectivity index (χ2v) is 9.95. The molecule has 7 nitrogen and oxygen atoms in total. The van der Waals surface area contributed by atoms with Crippen molar-refractivity contribution in [3.8, 4) is 5.75 Å². The van der Waals surface area contributed by atoms with Gasteiger partial charge in [0.2, 0.25) is 0 Å². The summed E-state index contributed by atoms with van der Waals surface area (Å²) >= 11 is 6.37. The molecule has 4 N–H and O–H groups in total. The monoisotopic (exact) mass is 524 g/mol. The van der Waals surface area contributed by atoms with E-state index in [1.54, 1.807) is 59.8 Å². The molecule has 190 valence electrons. The molecule has 5 aromatic rings. The number of nitrogen functional groups attached to an aromatic ring is 1. The van der Waals surface area contributed by atoms with Crippen LogP contribution in [0.25, 0.3) is 16.3 Å². The maximum absolute atomic E-state index is 13.8. The quantitative estimate of drug-likeness (QED) is 0.200. The van der Waals surface area contributed by atoms with E-state index in [0.29, 0.717) is 40.6 Å². The van der Waals surface area contributed by atoms with E-state index in [2.05, 4.69) is 5.32 Å². The summed E-state index contributed by atoms with van der Waals surface area (Å²) in [4.78, 5) is 28.1. The van der Waals surface area contributed by atoms with E-state index in [-0.39, 0.29) is 23.5 Å². The van der Waals surface area contributed by atoms with Gasteiger partial charge in [-0.15, -0.1) is 11.6 Å². The van der Waals surface area contributed by atoms with Gasteiger partial charge in [-0.25, -0.2) is 0 Å². The second kappa shape index (κ2) is 9.11. The Kier molecular flexibility index (Phi) is 5.73. The van der Waals surface area contributed by atoms with Crippen LogP contribution in [0.1, 0.15) is 37.8 Å². The van der Waals surface area contributed by atoms with Gasteiger partial charge in [-0.3, -0.25) is 9.59 Å². The van der Waals surface area contributed by atoms with E-state index in [1.165, 1.54) is 0 Å². The third kappa shape index (κ3) is 3.92. The molecule has 3 heterocycles. The Labute approximate surface area is 224 Å². The number of aryl methyl sites for hydroxylation is 1. The number of alkyl halides is 1. The van der Waals surface area contributed by atoms with Gasteiger partial charge in [0.25, 0.3) is 11.8 Å². The average molecular weight is 525 g/mol. The van der Waals surface area contributed by atoms with Crippen molar-refractivity contribution in [3.63, 3.8) is 0 Å². The van der Waals surface area contributed by atoms with E-state index >= 15 is 0 Å². The highest BCUT2D eigenvalue weighted by atomic mass is 35.5. The average Bonchev–Trinajstić information content (AvgIpc) is 3.50. The van der Waals surface area contributed by atoms with Crippen LogP contribution >= 0.6 is 11.6 Å². The van der Waals surface area contributed by atoms with Gasteiger partial charge in [-0.2, -0.15) is 0 Å². The predicted molar refractivity (Wildman–Crippen MR) is 152 cm³/mol. The first-order valence-electron chi connectivity index (χ1n) is 12.3. The maximum atomic E-state index is 13.8. The minimum atomic E-state index is -0.250. The number of aromatic nitrogens is 1. The Bertz CT molecular complexity index is 1740. The van der Waals surface area contributed by atoms with Crippen molar-refractivity contribution < 1.29 is 14.7 Å². The molecule has 0 saturated carbocycles. The predicted octanol–water partition coefficient (Wildman–Crippen LogP) is 5.92. The molecule has 0 radical (unpaired) electrons. The first-order chi connectivity index (χ1) is 18.3. The number of carbonyl (C=O) groups excluding carboxylic acids is 2. The van der Waals surface area contributed by atoms with E-state index in [4.69, 9.17) is 17.3 Å². The normalized spacial score (nSPS) is 14.7. The molecule has 0 bridgehead atoms. The minimum Gasteiger partial charge on any atom is -0.507 e. The van der Waals surface area contributed by atoms with Gasteiger partial charge in [0.05, 0.1) is 11.3 Å². The molecule has 8 heteroatoms. The molecule has 38 heavy (non-hydrogen) atoms. The number of amides is 2.